The Labute approximate surface area is 181 Å². The summed E-state index contributed by atoms with van der Waals surface area (Å²) in [6.45, 7) is 2.33. The van der Waals surface area contributed by atoms with Crippen molar-refractivity contribution in [2.45, 2.75) is 44.4 Å². The number of amides is 1. The molecule has 2 aliphatic rings. The Morgan fingerprint density at radius 3 is 2.38 bits per heavy atom. The Morgan fingerprint density at radius 1 is 1.19 bits per heavy atom. The van der Waals surface area contributed by atoms with Gasteiger partial charge in [-0.15, -0.1) is 0 Å². The second-order valence-corrected chi connectivity index (χ2v) is 8.49. The van der Waals surface area contributed by atoms with E-state index < -0.39 is 35.0 Å². The molecule has 0 unspecified atom stereocenters. The van der Waals surface area contributed by atoms with Gasteiger partial charge in [-0.1, -0.05) is 0 Å². The average Bonchev–Trinajstić information content (AvgIpc) is 3.46. The first kappa shape index (κ1) is 22.4. The van der Waals surface area contributed by atoms with Gasteiger partial charge in [-0.05, 0) is 49.8 Å². The molecule has 3 N–H and O–H groups in total. The van der Waals surface area contributed by atoms with Gasteiger partial charge >= 0.3 is 6.18 Å². The van der Waals surface area contributed by atoms with Crippen LogP contribution in [-0.4, -0.2) is 36.1 Å². The van der Waals surface area contributed by atoms with Crippen LogP contribution in [0.1, 0.15) is 42.2 Å². The minimum atomic E-state index is -4.91. The molecule has 0 bridgehead atoms. The zero-order valence-electron chi connectivity index (χ0n) is 17.3. The highest BCUT2D eigenvalue weighted by molar-refractivity contribution is 6.04. The second-order valence-electron chi connectivity index (χ2n) is 8.49. The number of pyridine rings is 1. The van der Waals surface area contributed by atoms with E-state index in [9.17, 15) is 26.7 Å². The number of benzene rings is 1. The predicted molar refractivity (Wildman–Crippen MR) is 109 cm³/mol. The van der Waals surface area contributed by atoms with E-state index in [1.54, 1.807) is 4.90 Å². The van der Waals surface area contributed by atoms with Gasteiger partial charge in [0.05, 0.1) is 11.3 Å². The van der Waals surface area contributed by atoms with Crippen LogP contribution < -0.4 is 16.0 Å². The van der Waals surface area contributed by atoms with Crippen LogP contribution >= 0.6 is 0 Å². The fraction of sp³-hybridized carbons (Fsp3) is 0.455. The number of nitrogens with two attached hydrogens (primary N) is 1. The fourth-order valence-corrected chi connectivity index (χ4v) is 4.17. The lowest BCUT2D eigenvalue weighted by Crippen LogP contribution is -2.36. The van der Waals surface area contributed by atoms with Crippen molar-refractivity contribution in [3.05, 3.63) is 47.3 Å². The van der Waals surface area contributed by atoms with Crippen molar-refractivity contribution in [3.8, 4) is 11.1 Å². The molecule has 32 heavy (non-hydrogen) atoms. The molecular weight excluding hydrogens is 431 g/mol. The molecule has 4 rings (SSSR count). The first-order chi connectivity index (χ1) is 15.0. The number of rotatable bonds is 5. The molecule has 1 aromatic heterocycles. The largest absolute Gasteiger partial charge is 0.434 e. The molecule has 1 saturated carbocycles. The monoisotopic (exact) mass is 454 g/mol. The predicted octanol–water partition coefficient (Wildman–Crippen LogP) is 4.11. The van der Waals surface area contributed by atoms with Gasteiger partial charge in [0.1, 0.15) is 11.6 Å². The van der Waals surface area contributed by atoms with E-state index in [0.717, 1.165) is 31.2 Å². The van der Waals surface area contributed by atoms with Crippen molar-refractivity contribution < 1.29 is 26.7 Å². The first-order valence-electron chi connectivity index (χ1n) is 10.4. The Hall–Kier alpha value is -2.75. The Morgan fingerprint density at radius 2 is 1.84 bits per heavy atom. The third-order valence-electron chi connectivity index (χ3n) is 5.94. The van der Waals surface area contributed by atoms with E-state index in [2.05, 4.69) is 10.3 Å². The smallest absolute Gasteiger partial charge is 0.369 e. The van der Waals surface area contributed by atoms with Crippen LogP contribution in [0.3, 0.4) is 0 Å². The summed E-state index contributed by atoms with van der Waals surface area (Å²) in [6, 6.07) is 1.72. The molecule has 2 heterocycles. The highest BCUT2D eigenvalue weighted by Crippen LogP contribution is 2.44. The maximum atomic E-state index is 14.0. The number of hydrogen-bond acceptors (Lipinski definition) is 4. The van der Waals surface area contributed by atoms with Crippen molar-refractivity contribution in [1.82, 2.24) is 10.3 Å². The van der Waals surface area contributed by atoms with Crippen molar-refractivity contribution in [2.75, 3.05) is 18.0 Å². The highest BCUT2D eigenvalue weighted by atomic mass is 19.4. The molecule has 2 aromatic rings. The lowest BCUT2D eigenvalue weighted by molar-refractivity contribution is -0.140. The summed E-state index contributed by atoms with van der Waals surface area (Å²) < 4.78 is 69.8. The molecule has 1 aliphatic carbocycles. The van der Waals surface area contributed by atoms with Crippen LogP contribution in [0, 0.1) is 17.6 Å². The number of carbonyl (C=O) groups excluding carboxylic acids is 1. The van der Waals surface area contributed by atoms with Gasteiger partial charge in [0.2, 0.25) is 0 Å². The topological polar surface area (TPSA) is 71.2 Å². The minimum Gasteiger partial charge on any atom is -0.369 e. The summed E-state index contributed by atoms with van der Waals surface area (Å²) in [5.74, 6) is -2.33. The third kappa shape index (κ3) is 4.55. The number of anilines is 1. The quantitative estimate of drug-likeness (QED) is 0.667. The van der Waals surface area contributed by atoms with Crippen LogP contribution in [0.4, 0.5) is 27.6 Å². The van der Waals surface area contributed by atoms with E-state index in [1.807, 2.05) is 6.92 Å². The third-order valence-corrected chi connectivity index (χ3v) is 5.94. The number of nitrogens with one attached hydrogen (secondary N) is 1. The molecule has 0 spiro atoms. The summed E-state index contributed by atoms with van der Waals surface area (Å²) >= 11 is 0. The van der Waals surface area contributed by atoms with Crippen LogP contribution in [0.2, 0.25) is 0 Å². The fourth-order valence-electron chi connectivity index (χ4n) is 4.17. The van der Waals surface area contributed by atoms with Gasteiger partial charge in [-0.3, -0.25) is 9.78 Å². The van der Waals surface area contributed by atoms with Crippen molar-refractivity contribution >= 4 is 11.6 Å². The Bertz CT molecular complexity index is 1020. The summed E-state index contributed by atoms with van der Waals surface area (Å²) in [5, 5.41) is 2.83. The molecule has 1 aromatic carbocycles. The molecule has 1 aliphatic heterocycles. The zero-order valence-corrected chi connectivity index (χ0v) is 17.3. The van der Waals surface area contributed by atoms with E-state index in [-0.39, 0.29) is 35.4 Å². The van der Waals surface area contributed by atoms with Crippen LogP contribution in [-0.2, 0) is 6.18 Å². The number of hydrogen-bond donors (Lipinski definition) is 2. The van der Waals surface area contributed by atoms with E-state index >= 15 is 0 Å². The summed E-state index contributed by atoms with van der Waals surface area (Å²) in [6.07, 6.45) is -1.59. The summed E-state index contributed by atoms with van der Waals surface area (Å²) in [4.78, 5) is 18.2. The number of aromatic nitrogens is 1. The Kier molecular flexibility index (Phi) is 5.83. The van der Waals surface area contributed by atoms with E-state index in [4.69, 9.17) is 5.73 Å². The molecule has 5 nitrogen and oxygen atoms in total. The molecule has 2 atom stereocenters. The summed E-state index contributed by atoms with van der Waals surface area (Å²) in [7, 11) is 0. The van der Waals surface area contributed by atoms with E-state index in [1.165, 1.54) is 0 Å². The van der Waals surface area contributed by atoms with Crippen LogP contribution in [0.5, 0.6) is 0 Å². The lowest BCUT2D eigenvalue weighted by Gasteiger charge is -2.27. The SMILES string of the molecule is C[C@H](NC(=O)c1cnc(C(F)(F)F)c(-c2cc(F)cc(F)c2)c1N1CC[C@H](N)C1)C1CC1. The van der Waals surface area contributed by atoms with Crippen molar-refractivity contribution in [3.63, 3.8) is 0 Å². The van der Waals surface area contributed by atoms with Crippen LogP contribution in [0.15, 0.2) is 24.4 Å². The molecule has 2 fully saturated rings. The standard InChI is InChI=1S/C22H23F5N4O/c1-11(12-2-3-12)30-21(32)17-9-29-20(22(25,26)27)18(13-6-14(23)8-15(24)7-13)19(17)31-5-4-16(28)10-31/h6-9,11-12,16H,2-5,10,28H2,1H3,(H,30,32)/t11-,16-/m0/s1. The van der Waals surface area contributed by atoms with Gasteiger partial charge < -0.3 is 16.0 Å². The van der Waals surface area contributed by atoms with Gasteiger partial charge in [0.15, 0.2) is 5.69 Å². The molecule has 172 valence electrons. The van der Waals surface area contributed by atoms with Crippen LogP contribution in [0.25, 0.3) is 11.1 Å². The van der Waals surface area contributed by atoms with Gasteiger partial charge in [-0.25, -0.2) is 8.78 Å². The molecule has 0 radical (unpaired) electrons. The number of alkyl halides is 3. The lowest BCUT2D eigenvalue weighted by atomic mass is 9.97. The Balaban J connectivity index is 1.93. The normalized spacial score (nSPS) is 19.8. The molecule has 10 heteroatoms. The molecule has 1 saturated heterocycles. The number of halogens is 5. The minimum absolute atomic E-state index is 0.0641. The van der Waals surface area contributed by atoms with Crippen molar-refractivity contribution in [1.29, 1.82) is 0 Å². The second kappa shape index (κ2) is 8.31. The van der Waals surface area contributed by atoms with E-state index in [0.29, 0.717) is 24.9 Å². The maximum Gasteiger partial charge on any atom is 0.434 e. The molecular formula is C22H23F5N4O. The maximum absolute atomic E-state index is 14.0. The molecule has 1 amide bonds. The average molecular weight is 454 g/mol. The highest BCUT2D eigenvalue weighted by Gasteiger charge is 2.40. The van der Waals surface area contributed by atoms with Gasteiger partial charge in [0, 0.05) is 43.0 Å². The van der Waals surface area contributed by atoms with Gasteiger partial charge in [0.25, 0.3) is 5.91 Å². The number of carbonyl (C=O) groups is 1. The summed E-state index contributed by atoms with van der Waals surface area (Å²) in [5.41, 5.74) is 3.64. The van der Waals surface area contributed by atoms with Crippen molar-refractivity contribution in [2.24, 2.45) is 11.7 Å². The van der Waals surface area contributed by atoms with Gasteiger partial charge in [-0.2, -0.15) is 13.2 Å². The number of nitrogens with zero attached hydrogens (tertiary/aromatic N) is 2. The first-order valence-corrected chi connectivity index (χ1v) is 10.4. The zero-order chi connectivity index (χ0) is 23.2.